The van der Waals surface area contributed by atoms with Crippen LogP contribution in [-0.4, -0.2) is 28.9 Å². The molecule has 1 saturated carbocycles. The summed E-state index contributed by atoms with van der Waals surface area (Å²) in [5, 5.41) is 23.2. The van der Waals surface area contributed by atoms with E-state index in [1.165, 1.54) is 0 Å². The molecule has 0 radical (unpaired) electrons. The van der Waals surface area contributed by atoms with E-state index in [0.717, 1.165) is 31.3 Å². The number of aliphatic hydroxyl groups is 1. The molecule has 0 aliphatic heterocycles. The largest absolute Gasteiger partial charge is 1.00 e. The first kappa shape index (κ1) is 20.9. The maximum Gasteiger partial charge on any atom is 1.00 e. The predicted molar refractivity (Wildman–Crippen MR) is 78.9 cm³/mol. The average molecular weight is 350 g/mol. The van der Waals surface area contributed by atoms with Gasteiger partial charge < -0.3 is 15.1 Å². The van der Waals surface area contributed by atoms with Crippen LogP contribution < -0.4 is 39.6 Å². The molecule has 0 atom stereocenters. The van der Waals surface area contributed by atoms with Crippen molar-refractivity contribution in [3.8, 4) is 5.75 Å². The first-order chi connectivity index (χ1) is 10.7. The molecule has 0 spiro atoms. The van der Waals surface area contributed by atoms with E-state index in [9.17, 15) is 15.2 Å². The van der Waals surface area contributed by atoms with Crippen LogP contribution in [0, 0.1) is 0 Å². The number of ketones is 1. The van der Waals surface area contributed by atoms with E-state index >= 15 is 0 Å². The fourth-order valence-corrected chi connectivity index (χ4v) is 2.84. The van der Waals surface area contributed by atoms with Gasteiger partial charge in [0.25, 0.3) is 0 Å². The van der Waals surface area contributed by atoms with Crippen LogP contribution in [0.15, 0.2) is 24.3 Å². The summed E-state index contributed by atoms with van der Waals surface area (Å²) in [4.78, 5) is 12.4. The summed E-state index contributed by atoms with van der Waals surface area (Å²) >= 11 is 0.852. The van der Waals surface area contributed by atoms with Gasteiger partial charge in [-0.3, -0.25) is 9.83 Å². The van der Waals surface area contributed by atoms with Crippen molar-refractivity contribution in [2.45, 2.75) is 37.7 Å². The van der Waals surface area contributed by atoms with Crippen LogP contribution in [0.1, 0.15) is 42.5 Å². The van der Waals surface area contributed by atoms with E-state index in [-0.39, 0.29) is 35.3 Å². The molecule has 0 aromatic heterocycles. The Bertz CT molecular complexity index is 475. The van der Waals surface area contributed by atoms with Crippen LogP contribution in [-0.2, 0) is 9.37 Å². The molecule has 0 unspecified atom stereocenters. The van der Waals surface area contributed by atoms with Gasteiger partial charge in [0.15, 0.2) is 5.78 Å². The second-order valence-electron chi connectivity index (χ2n) is 5.25. The van der Waals surface area contributed by atoms with Crippen LogP contribution in [0.4, 0.5) is 0 Å². The molecule has 1 aromatic rings. The molecule has 23 heavy (non-hydrogen) atoms. The van der Waals surface area contributed by atoms with Crippen molar-refractivity contribution in [1.29, 1.82) is 0 Å². The Morgan fingerprint density at radius 1 is 1.22 bits per heavy atom. The third kappa shape index (κ3) is 6.36. The normalized spacial score (nSPS) is 16.4. The summed E-state index contributed by atoms with van der Waals surface area (Å²) in [7, 11) is 0. The smallest absolute Gasteiger partial charge is 0.691 e. The fourth-order valence-electron chi connectivity index (χ4n) is 2.58. The molecule has 1 fully saturated rings. The number of rotatable bonds is 8. The van der Waals surface area contributed by atoms with E-state index in [0.29, 0.717) is 36.5 Å². The van der Waals surface area contributed by atoms with Crippen molar-refractivity contribution in [2.75, 3.05) is 12.4 Å². The van der Waals surface area contributed by atoms with Crippen molar-refractivity contribution >= 4 is 17.8 Å². The van der Waals surface area contributed by atoms with Crippen LogP contribution >= 0.6 is 12.0 Å². The van der Waals surface area contributed by atoms with Gasteiger partial charge in [-0.1, -0.05) is 19.3 Å². The fraction of sp³-hybridized carbons (Fsp3) is 0.533. The molecule has 2 rings (SSSR count). The number of carbonyl (C=O) groups is 1. The van der Waals surface area contributed by atoms with E-state index in [4.69, 9.17) is 4.74 Å². The maximum atomic E-state index is 12.4. The number of ether oxygens (including phenoxy) is 1. The van der Waals surface area contributed by atoms with Crippen molar-refractivity contribution in [2.24, 2.45) is 0 Å². The van der Waals surface area contributed by atoms with Crippen molar-refractivity contribution in [1.82, 2.24) is 0 Å². The molecule has 1 aliphatic carbocycles. The first-order valence-corrected chi connectivity index (χ1v) is 8.15. The van der Waals surface area contributed by atoms with Crippen LogP contribution in [0.2, 0.25) is 0 Å². The number of hydrogen-bond acceptors (Lipinski definition) is 7. The van der Waals surface area contributed by atoms with Gasteiger partial charge >= 0.3 is 29.6 Å². The first-order valence-electron chi connectivity index (χ1n) is 7.24. The second-order valence-corrected chi connectivity index (χ2v) is 6.03. The Hall–Kier alpha value is -0.120. The van der Waals surface area contributed by atoms with E-state index in [1.54, 1.807) is 24.3 Å². The van der Waals surface area contributed by atoms with Gasteiger partial charge in [-0.15, -0.1) is 0 Å². The Balaban J connectivity index is 0.00000264. The average Bonchev–Trinajstić information content (AvgIpc) is 2.55. The van der Waals surface area contributed by atoms with Gasteiger partial charge in [-0.2, -0.15) is 4.33 Å². The monoisotopic (exact) mass is 350 g/mol. The summed E-state index contributed by atoms with van der Waals surface area (Å²) < 4.78 is 9.53. The minimum atomic E-state index is -1.22. The summed E-state index contributed by atoms with van der Waals surface area (Å²) in [6.45, 7) is 0.339. The third-order valence-electron chi connectivity index (χ3n) is 3.73. The van der Waals surface area contributed by atoms with Crippen LogP contribution in [0.3, 0.4) is 0 Å². The van der Waals surface area contributed by atoms with Crippen molar-refractivity contribution in [3.63, 3.8) is 0 Å². The Morgan fingerprint density at radius 3 is 2.48 bits per heavy atom. The van der Waals surface area contributed by atoms with E-state index in [2.05, 4.69) is 9.37 Å². The van der Waals surface area contributed by atoms with Gasteiger partial charge in [0.2, 0.25) is 0 Å². The Kier molecular flexibility index (Phi) is 9.72. The standard InChI is InChI=1S/C15H20O6S.Na/c16-14(15(17)8-2-1-3-9-15)12-4-6-13(7-5-12)19-10-11-22-21-20-18;/h4-7,17-18H,1-3,8-11H2;/q;+1/p-1. The summed E-state index contributed by atoms with van der Waals surface area (Å²) in [6, 6.07) is 6.70. The molecule has 0 bridgehead atoms. The van der Waals surface area contributed by atoms with Gasteiger partial charge in [0, 0.05) is 17.6 Å². The molecule has 0 heterocycles. The van der Waals surface area contributed by atoms with Gasteiger partial charge in [-0.25, -0.2) is 0 Å². The molecule has 1 aliphatic rings. The minimum absolute atomic E-state index is 0. The number of hydrogen-bond donors (Lipinski definition) is 1. The molecular formula is C15H19NaO6S. The number of carbonyl (C=O) groups excluding carboxylic acids is 1. The third-order valence-corrected chi connectivity index (χ3v) is 4.22. The van der Waals surface area contributed by atoms with Gasteiger partial charge in [0.1, 0.15) is 11.4 Å². The van der Waals surface area contributed by atoms with Gasteiger partial charge in [-0.05, 0) is 37.1 Å². The number of Topliss-reactive ketones (excluding diaryl/α,β-unsaturated/α-hetero) is 1. The quantitative estimate of drug-likeness (QED) is 0.158. The zero-order valence-electron chi connectivity index (χ0n) is 13.2. The minimum Gasteiger partial charge on any atom is -0.691 e. The van der Waals surface area contributed by atoms with Gasteiger partial charge in [0.05, 0.1) is 12.4 Å². The topological polar surface area (TPSA) is 88.1 Å². The zero-order valence-corrected chi connectivity index (χ0v) is 16.0. The molecule has 1 aromatic carbocycles. The summed E-state index contributed by atoms with van der Waals surface area (Å²) in [5.41, 5.74) is -0.721. The van der Waals surface area contributed by atoms with Crippen molar-refractivity contribution in [3.05, 3.63) is 29.8 Å². The molecule has 6 nitrogen and oxygen atoms in total. The molecule has 0 amide bonds. The molecule has 1 N–H and O–H groups in total. The number of benzene rings is 1. The predicted octanol–water partition coefficient (Wildman–Crippen LogP) is -1.18. The SMILES string of the molecule is O=C(c1ccc(OCCSOO[O-])cc1)C1(O)CCCCC1.[Na+]. The molecule has 122 valence electrons. The Morgan fingerprint density at radius 2 is 1.87 bits per heavy atom. The van der Waals surface area contributed by atoms with Crippen LogP contribution in [0.25, 0.3) is 0 Å². The summed E-state index contributed by atoms with van der Waals surface area (Å²) in [6.07, 6.45) is 3.90. The maximum absolute atomic E-state index is 12.4. The molecule has 8 heteroatoms. The van der Waals surface area contributed by atoms with Crippen molar-refractivity contribution < 1.29 is 58.8 Å². The second kappa shape index (κ2) is 10.7. The zero-order chi connectivity index (χ0) is 15.8. The summed E-state index contributed by atoms with van der Waals surface area (Å²) in [5.74, 6) is 0.828. The molecular weight excluding hydrogens is 331 g/mol. The van der Waals surface area contributed by atoms with E-state index in [1.807, 2.05) is 0 Å². The van der Waals surface area contributed by atoms with E-state index < -0.39 is 5.60 Å². The van der Waals surface area contributed by atoms with Crippen LogP contribution in [0.5, 0.6) is 5.75 Å². The molecule has 0 saturated heterocycles. The Labute approximate surface area is 161 Å².